The molecule has 2 aliphatic heterocycles. The molecule has 1 fully saturated rings. The van der Waals surface area contributed by atoms with Gasteiger partial charge < -0.3 is 9.64 Å². The number of aryl methyl sites for hydroxylation is 1. The first-order chi connectivity index (χ1) is 17.6. The highest BCUT2D eigenvalue weighted by atomic mass is 32.1. The van der Waals surface area contributed by atoms with E-state index in [1.807, 2.05) is 28.5 Å². The van der Waals surface area contributed by atoms with E-state index in [0.717, 1.165) is 76.0 Å². The molecule has 3 heterocycles. The van der Waals surface area contributed by atoms with Gasteiger partial charge in [-0.1, -0.05) is 42.8 Å². The third-order valence-electron chi connectivity index (χ3n) is 7.71. The van der Waals surface area contributed by atoms with Crippen molar-refractivity contribution in [1.82, 2.24) is 14.8 Å². The SMILES string of the molecule is O=C(c1cscn1)N1CCC2(CCCCc3ccccc3OCCN(Cc3ccccc3F)C2)CC1. The average molecular weight is 508 g/mol. The number of nitrogens with zero attached hydrogens (tertiary/aromatic N) is 3. The second-order valence-electron chi connectivity index (χ2n) is 10.1. The van der Waals surface area contributed by atoms with E-state index in [0.29, 0.717) is 18.8 Å². The zero-order valence-corrected chi connectivity index (χ0v) is 21.5. The van der Waals surface area contributed by atoms with Crippen LogP contribution in [0.5, 0.6) is 5.75 Å². The number of ether oxygens (including phenoxy) is 1. The summed E-state index contributed by atoms with van der Waals surface area (Å²) in [6, 6.07) is 15.4. The third kappa shape index (κ3) is 5.95. The number of aromatic nitrogens is 1. The van der Waals surface area contributed by atoms with Crippen LogP contribution in [-0.4, -0.2) is 53.5 Å². The van der Waals surface area contributed by atoms with Crippen molar-refractivity contribution in [2.75, 3.05) is 32.8 Å². The summed E-state index contributed by atoms with van der Waals surface area (Å²) in [5.74, 6) is 0.840. The van der Waals surface area contributed by atoms with Crippen molar-refractivity contribution in [3.63, 3.8) is 0 Å². The van der Waals surface area contributed by atoms with E-state index in [2.05, 4.69) is 28.1 Å². The Hall–Kier alpha value is -2.77. The average Bonchev–Trinajstić information content (AvgIpc) is 3.43. The van der Waals surface area contributed by atoms with Gasteiger partial charge in [-0.05, 0) is 55.2 Å². The molecule has 1 aromatic heterocycles. The first-order valence-electron chi connectivity index (χ1n) is 13.0. The number of amides is 1. The van der Waals surface area contributed by atoms with Crippen LogP contribution >= 0.6 is 11.3 Å². The highest BCUT2D eigenvalue weighted by Gasteiger charge is 2.37. The zero-order chi connectivity index (χ0) is 24.8. The van der Waals surface area contributed by atoms with Crippen LogP contribution in [0, 0.1) is 11.2 Å². The summed E-state index contributed by atoms with van der Waals surface area (Å²) < 4.78 is 20.8. The Labute approximate surface area is 216 Å². The first-order valence-corrected chi connectivity index (χ1v) is 13.9. The van der Waals surface area contributed by atoms with Gasteiger partial charge in [0.15, 0.2) is 0 Å². The van der Waals surface area contributed by atoms with E-state index >= 15 is 0 Å². The molecule has 0 saturated carbocycles. The molecular weight excluding hydrogens is 473 g/mol. The van der Waals surface area contributed by atoms with E-state index in [-0.39, 0.29) is 17.1 Å². The van der Waals surface area contributed by atoms with Crippen molar-refractivity contribution in [3.8, 4) is 5.75 Å². The number of carbonyl (C=O) groups excluding carboxylic acids is 1. The predicted octanol–water partition coefficient (Wildman–Crippen LogP) is 5.81. The van der Waals surface area contributed by atoms with Crippen LogP contribution in [-0.2, 0) is 13.0 Å². The summed E-state index contributed by atoms with van der Waals surface area (Å²) in [4.78, 5) is 21.4. The number of hydrogen-bond acceptors (Lipinski definition) is 5. The molecular formula is C29H34FN3O2S. The fourth-order valence-electron chi connectivity index (χ4n) is 5.66. The summed E-state index contributed by atoms with van der Waals surface area (Å²) in [7, 11) is 0. The number of rotatable bonds is 3. The number of para-hydroxylation sites is 1. The number of benzene rings is 2. The second kappa shape index (κ2) is 11.5. The lowest BCUT2D eigenvalue weighted by Gasteiger charge is -2.45. The van der Waals surface area contributed by atoms with Crippen molar-refractivity contribution in [3.05, 3.63) is 82.1 Å². The molecule has 2 aromatic carbocycles. The van der Waals surface area contributed by atoms with Gasteiger partial charge in [-0.2, -0.15) is 0 Å². The van der Waals surface area contributed by atoms with Crippen LogP contribution in [0.15, 0.2) is 59.4 Å². The van der Waals surface area contributed by atoms with Gasteiger partial charge in [0, 0.05) is 43.7 Å². The van der Waals surface area contributed by atoms with Crippen LogP contribution in [0.25, 0.3) is 0 Å². The van der Waals surface area contributed by atoms with Gasteiger partial charge in [0.2, 0.25) is 0 Å². The van der Waals surface area contributed by atoms with Crippen molar-refractivity contribution < 1.29 is 13.9 Å². The lowest BCUT2D eigenvalue weighted by molar-refractivity contribution is 0.0356. The lowest BCUT2D eigenvalue weighted by atomic mass is 9.73. The van der Waals surface area contributed by atoms with Gasteiger partial charge in [-0.15, -0.1) is 11.3 Å². The first kappa shape index (κ1) is 24.9. The van der Waals surface area contributed by atoms with Crippen molar-refractivity contribution in [2.24, 2.45) is 5.41 Å². The van der Waals surface area contributed by atoms with Crippen LogP contribution in [0.1, 0.15) is 53.7 Å². The molecule has 1 amide bonds. The molecule has 0 bridgehead atoms. The predicted molar refractivity (Wildman–Crippen MR) is 141 cm³/mol. The Morgan fingerprint density at radius 2 is 1.83 bits per heavy atom. The number of thiazole rings is 1. The molecule has 0 radical (unpaired) electrons. The van der Waals surface area contributed by atoms with Gasteiger partial charge in [-0.3, -0.25) is 9.69 Å². The van der Waals surface area contributed by atoms with Gasteiger partial charge in [-0.25, -0.2) is 9.37 Å². The third-order valence-corrected chi connectivity index (χ3v) is 8.30. The van der Waals surface area contributed by atoms with Gasteiger partial charge in [0.1, 0.15) is 23.9 Å². The van der Waals surface area contributed by atoms with E-state index in [9.17, 15) is 9.18 Å². The topological polar surface area (TPSA) is 45.7 Å². The Morgan fingerprint density at radius 1 is 1.03 bits per heavy atom. The maximum atomic E-state index is 14.6. The second-order valence-corrected chi connectivity index (χ2v) is 10.8. The Bertz CT molecular complexity index is 1140. The Balaban J connectivity index is 1.34. The monoisotopic (exact) mass is 507 g/mol. The van der Waals surface area contributed by atoms with Crippen molar-refractivity contribution in [1.29, 1.82) is 0 Å². The molecule has 3 aromatic rings. The number of fused-ring (bicyclic) bond motifs is 1. The minimum Gasteiger partial charge on any atom is -0.492 e. The molecule has 36 heavy (non-hydrogen) atoms. The minimum absolute atomic E-state index is 0.0347. The molecule has 5 nitrogen and oxygen atoms in total. The molecule has 0 atom stereocenters. The molecule has 5 rings (SSSR count). The maximum Gasteiger partial charge on any atom is 0.273 e. The zero-order valence-electron chi connectivity index (χ0n) is 20.7. The molecule has 7 heteroatoms. The molecule has 1 spiro atoms. The van der Waals surface area contributed by atoms with Crippen LogP contribution in [0.3, 0.4) is 0 Å². The largest absolute Gasteiger partial charge is 0.492 e. The van der Waals surface area contributed by atoms with Crippen molar-refractivity contribution >= 4 is 17.2 Å². The molecule has 0 aliphatic carbocycles. The quantitative estimate of drug-likeness (QED) is 0.449. The fraction of sp³-hybridized carbons (Fsp3) is 0.448. The molecule has 1 saturated heterocycles. The maximum absolute atomic E-state index is 14.6. The summed E-state index contributed by atoms with van der Waals surface area (Å²) in [5.41, 5.74) is 4.34. The highest BCUT2D eigenvalue weighted by molar-refractivity contribution is 7.07. The number of halogens is 1. The highest BCUT2D eigenvalue weighted by Crippen LogP contribution is 2.39. The van der Waals surface area contributed by atoms with Crippen LogP contribution in [0.2, 0.25) is 0 Å². The summed E-state index contributed by atoms with van der Waals surface area (Å²) >= 11 is 1.46. The van der Waals surface area contributed by atoms with Gasteiger partial charge in [0.25, 0.3) is 5.91 Å². The number of carbonyl (C=O) groups is 1. The van der Waals surface area contributed by atoms with Gasteiger partial charge >= 0.3 is 0 Å². The molecule has 0 N–H and O–H groups in total. The van der Waals surface area contributed by atoms with Crippen LogP contribution < -0.4 is 4.74 Å². The Morgan fingerprint density at radius 3 is 2.64 bits per heavy atom. The summed E-state index contributed by atoms with van der Waals surface area (Å²) in [6.45, 7) is 4.21. The fourth-order valence-corrected chi connectivity index (χ4v) is 6.18. The van der Waals surface area contributed by atoms with Crippen molar-refractivity contribution in [2.45, 2.75) is 45.1 Å². The van der Waals surface area contributed by atoms with E-state index in [1.165, 1.54) is 23.0 Å². The normalized spacial score (nSPS) is 19.1. The van der Waals surface area contributed by atoms with Gasteiger partial charge in [0.05, 0.1) is 5.51 Å². The lowest BCUT2D eigenvalue weighted by Crippen LogP contribution is -2.48. The number of piperidine rings is 1. The smallest absolute Gasteiger partial charge is 0.273 e. The molecule has 190 valence electrons. The van der Waals surface area contributed by atoms with Crippen LogP contribution in [0.4, 0.5) is 4.39 Å². The number of hydrogen-bond donors (Lipinski definition) is 0. The minimum atomic E-state index is -0.160. The standard InChI is InChI=1S/C29H34FN3O2S/c30-25-10-3-1-9-24(25)19-32-17-18-35-27-11-4-2-7-23(27)8-5-6-12-29(21-32)13-15-33(16-14-29)28(34)26-20-36-22-31-26/h1-4,7,9-11,20,22H,5-6,8,12-19,21H2. The Kier molecular flexibility index (Phi) is 7.97. The van der Waals surface area contributed by atoms with E-state index in [4.69, 9.17) is 4.74 Å². The summed E-state index contributed by atoms with van der Waals surface area (Å²) in [5, 5.41) is 1.83. The van der Waals surface area contributed by atoms with E-state index < -0.39 is 0 Å². The van der Waals surface area contributed by atoms with E-state index in [1.54, 1.807) is 11.6 Å². The molecule has 2 aliphatic rings. The summed E-state index contributed by atoms with van der Waals surface area (Å²) in [6.07, 6.45) is 6.27. The molecule has 0 unspecified atom stereocenters. The number of likely N-dealkylation sites (tertiary alicyclic amines) is 1.